The highest BCUT2D eigenvalue weighted by molar-refractivity contribution is 6.32. The zero-order valence-electron chi connectivity index (χ0n) is 11.0. The zero-order chi connectivity index (χ0) is 15.2. The van der Waals surface area contributed by atoms with E-state index in [4.69, 9.17) is 17.3 Å². The van der Waals surface area contributed by atoms with Crippen molar-refractivity contribution >= 4 is 35.2 Å². The van der Waals surface area contributed by atoms with Gasteiger partial charge in [-0.15, -0.1) is 0 Å². The molecule has 3 N–H and O–H groups in total. The number of hydrogen-bond donors (Lipinski definition) is 2. The van der Waals surface area contributed by atoms with E-state index in [1.165, 1.54) is 6.08 Å². The van der Waals surface area contributed by atoms with Crippen LogP contribution >= 0.6 is 11.6 Å². The summed E-state index contributed by atoms with van der Waals surface area (Å²) >= 11 is 5.99. The highest BCUT2D eigenvalue weighted by Gasteiger charge is 2.08. The van der Waals surface area contributed by atoms with Crippen LogP contribution in [0.25, 0.3) is 6.08 Å². The molecular formula is C16H13ClN2O2. The normalized spacial score (nSPS) is 10.5. The topological polar surface area (TPSA) is 72.2 Å². The Morgan fingerprint density at radius 2 is 1.71 bits per heavy atom. The minimum absolute atomic E-state index is 0.261. The van der Waals surface area contributed by atoms with E-state index in [0.29, 0.717) is 10.7 Å². The summed E-state index contributed by atoms with van der Waals surface area (Å²) in [5.41, 5.74) is 6.62. The highest BCUT2D eigenvalue weighted by Crippen LogP contribution is 2.17. The Morgan fingerprint density at radius 1 is 1.05 bits per heavy atom. The summed E-state index contributed by atoms with van der Waals surface area (Å²) in [4.78, 5) is 23.1. The van der Waals surface area contributed by atoms with E-state index in [0.717, 1.165) is 5.56 Å². The first kappa shape index (κ1) is 14.8. The fourth-order valence-corrected chi connectivity index (χ4v) is 1.96. The third-order valence-corrected chi connectivity index (χ3v) is 3.11. The Morgan fingerprint density at radius 3 is 2.43 bits per heavy atom. The predicted octanol–water partition coefficient (Wildman–Crippen LogP) is 3.09. The molecule has 0 spiro atoms. The molecular weight excluding hydrogens is 288 g/mol. The van der Waals surface area contributed by atoms with Crippen molar-refractivity contribution in [3.63, 3.8) is 0 Å². The number of nitrogens with two attached hydrogens (primary N) is 1. The van der Waals surface area contributed by atoms with E-state index in [-0.39, 0.29) is 11.5 Å². The molecule has 2 rings (SSSR count). The third-order valence-electron chi connectivity index (χ3n) is 2.77. The van der Waals surface area contributed by atoms with Gasteiger partial charge in [-0.3, -0.25) is 9.59 Å². The minimum Gasteiger partial charge on any atom is -0.366 e. The number of hydrogen-bond acceptors (Lipinski definition) is 2. The van der Waals surface area contributed by atoms with Gasteiger partial charge in [0.2, 0.25) is 5.91 Å². The van der Waals surface area contributed by atoms with Crippen LogP contribution in [0.1, 0.15) is 15.9 Å². The molecule has 5 heteroatoms. The molecule has 2 aromatic carbocycles. The summed E-state index contributed by atoms with van der Waals surface area (Å²) in [6.45, 7) is 0. The van der Waals surface area contributed by atoms with E-state index in [9.17, 15) is 9.59 Å². The molecule has 0 aliphatic rings. The summed E-state index contributed by atoms with van der Waals surface area (Å²) in [5.74, 6) is -0.968. The Bertz CT molecular complexity index is 711. The number of nitrogens with one attached hydrogen (secondary N) is 1. The number of rotatable bonds is 4. The fraction of sp³-hybridized carbons (Fsp3) is 0. The van der Waals surface area contributed by atoms with Crippen LogP contribution in [0, 0.1) is 0 Å². The third kappa shape index (κ3) is 3.94. The predicted molar refractivity (Wildman–Crippen MR) is 84.1 cm³/mol. The molecule has 0 aromatic heterocycles. The molecule has 0 heterocycles. The zero-order valence-corrected chi connectivity index (χ0v) is 11.8. The Balaban J connectivity index is 2.13. The van der Waals surface area contributed by atoms with E-state index in [1.807, 2.05) is 12.1 Å². The van der Waals surface area contributed by atoms with Crippen molar-refractivity contribution in [2.24, 2.45) is 5.73 Å². The average molecular weight is 301 g/mol. The molecule has 0 saturated heterocycles. The van der Waals surface area contributed by atoms with Crippen molar-refractivity contribution in [2.45, 2.75) is 0 Å². The molecule has 0 bridgehead atoms. The average Bonchev–Trinajstić information content (AvgIpc) is 2.47. The van der Waals surface area contributed by atoms with Crippen LogP contribution in [0.3, 0.4) is 0 Å². The maximum Gasteiger partial charge on any atom is 0.250 e. The van der Waals surface area contributed by atoms with Gasteiger partial charge in [0.05, 0.1) is 11.3 Å². The smallest absolute Gasteiger partial charge is 0.250 e. The molecule has 2 amide bonds. The molecule has 0 saturated carbocycles. The second-order valence-corrected chi connectivity index (χ2v) is 4.66. The van der Waals surface area contributed by atoms with Gasteiger partial charge < -0.3 is 11.1 Å². The first-order valence-electron chi connectivity index (χ1n) is 6.20. The lowest BCUT2D eigenvalue weighted by Gasteiger charge is -2.06. The number of para-hydroxylation sites is 1. The molecule has 0 atom stereocenters. The maximum absolute atomic E-state index is 11.9. The van der Waals surface area contributed by atoms with Gasteiger partial charge in [-0.2, -0.15) is 0 Å². The van der Waals surface area contributed by atoms with Gasteiger partial charge in [0.1, 0.15) is 0 Å². The van der Waals surface area contributed by atoms with E-state index < -0.39 is 5.91 Å². The van der Waals surface area contributed by atoms with Gasteiger partial charge in [-0.1, -0.05) is 41.9 Å². The van der Waals surface area contributed by atoms with Gasteiger partial charge in [0, 0.05) is 11.1 Å². The van der Waals surface area contributed by atoms with Crippen LogP contribution < -0.4 is 11.1 Å². The van der Waals surface area contributed by atoms with Crippen LogP contribution in [0.4, 0.5) is 5.69 Å². The molecule has 0 radical (unpaired) electrons. The molecule has 4 nitrogen and oxygen atoms in total. The van der Waals surface area contributed by atoms with Gasteiger partial charge in [-0.25, -0.2) is 0 Å². The van der Waals surface area contributed by atoms with Crippen molar-refractivity contribution in [1.29, 1.82) is 0 Å². The van der Waals surface area contributed by atoms with Gasteiger partial charge in [0.15, 0.2) is 0 Å². The molecule has 0 unspecified atom stereocenters. The van der Waals surface area contributed by atoms with Crippen molar-refractivity contribution < 1.29 is 9.59 Å². The molecule has 0 fully saturated rings. The monoisotopic (exact) mass is 300 g/mol. The van der Waals surface area contributed by atoms with Gasteiger partial charge >= 0.3 is 0 Å². The standard InChI is InChI=1S/C16H13ClN2O2/c17-13-7-3-1-5-11(13)9-10-15(20)19-14-8-4-2-6-12(14)16(18)21/h1-10H,(H2,18,21)(H,19,20)/b10-9+. The first-order chi connectivity index (χ1) is 10.1. The second-order valence-electron chi connectivity index (χ2n) is 4.25. The Kier molecular flexibility index (Phi) is 4.74. The number of amides is 2. The minimum atomic E-state index is -0.596. The van der Waals surface area contributed by atoms with Crippen LogP contribution in [0.5, 0.6) is 0 Å². The molecule has 21 heavy (non-hydrogen) atoms. The molecule has 106 valence electrons. The lowest BCUT2D eigenvalue weighted by molar-refractivity contribution is -0.111. The maximum atomic E-state index is 11.9. The van der Waals surface area contributed by atoms with Crippen molar-refractivity contribution in [2.75, 3.05) is 5.32 Å². The van der Waals surface area contributed by atoms with Crippen LogP contribution in [0.2, 0.25) is 5.02 Å². The van der Waals surface area contributed by atoms with E-state index in [2.05, 4.69) is 5.32 Å². The summed E-state index contributed by atoms with van der Waals surface area (Å²) in [5, 5.41) is 3.17. The van der Waals surface area contributed by atoms with Gasteiger partial charge in [-0.05, 0) is 29.8 Å². The van der Waals surface area contributed by atoms with Crippen LogP contribution in [-0.2, 0) is 4.79 Å². The fourth-order valence-electron chi connectivity index (χ4n) is 1.76. The van der Waals surface area contributed by atoms with Gasteiger partial charge in [0.25, 0.3) is 5.91 Å². The van der Waals surface area contributed by atoms with Crippen LogP contribution in [0.15, 0.2) is 54.6 Å². The SMILES string of the molecule is NC(=O)c1ccccc1NC(=O)/C=C/c1ccccc1Cl. The van der Waals surface area contributed by atoms with Crippen molar-refractivity contribution in [1.82, 2.24) is 0 Å². The lowest BCUT2D eigenvalue weighted by atomic mass is 10.1. The van der Waals surface area contributed by atoms with Crippen LogP contribution in [-0.4, -0.2) is 11.8 Å². The Labute approximate surface area is 127 Å². The first-order valence-corrected chi connectivity index (χ1v) is 6.58. The Hall–Kier alpha value is -2.59. The summed E-state index contributed by atoms with van der Waals surface area (Å²) in [6, 6.07) is 13.7. The number of benzene rings is 2. The molecule has 2 aromatic rings. The summed E-state index contributed by atoms with van der Waals surface area (Å²) in [7, 11) is 0. The summed E-state index contributed by atoms with van der Waals surface area (Å²) in [6.07, 6.45) is 2.95. The number of halogens is 1. The number of carbonyl (C=O) groups is 2. The van der Waals surface area contributed by atoms with Crippen molar-refractivity contribution in [3.8, 4) is 0 Å². The quantitative estimate of drug-likeness (QED) is 0.852. The van der Waals surface area contributed by atoms with Crippen molar-refractivity contribution in [3.05, 3.63) is 70.8 Å². The number of anilines is 1. The highest BCUT2D eigenvalue weighted by atomic mass is 35.5. The number of primary amides is 1. The second kappa shape index (κ2) is 6.72. The van der Waals surface area contributed by atoms with E-state index >= 15 is 0 Å². The lowest BCUT2D eigenvalue weighted by Crippen LogP contribution is -2.16. The largest absolute Gasteiger partial charge is 0.366 e. The molecule has 0 aliphatic heterocycles. The van der Waals surface area contributed by atoms with E-state index in [1.54, 1.807) is 42.5 Å². The molecule has 0 aliphatic carbocycles. The number of carbonyl (C=O) groups excluding carboxylic acids is 2. The summed E-state index contributed by atoms with van der Waals surface area (Å²) < 4.78 is 0.